The van der Waals surface area contributed by atoms with Crippen molar-refractivity contribution in [2.75, 3.05) is 0 Å². The van der Waals surface area contributed by atoms with Crippen molar-refractivity contribution in [3.8, 4) is 22.8 Å². The van der Waals surface area contributed by atoms with Crippen LogP contribution >= 0.6 is 11.6 Å². The van der Waals surface area contributed by atoms with Gasteiger partial charge in [-0.1, -0.05) is 11.6 Å². The molecule has 1 N–H and O–H groups in total. The fourth-order valence-corrected chi connectivity index (χ4v) is 3.68. The van der Waals surface area contributed by atoms with Crippen LogP contribution in [0.4, 0.5) is 4.39 Å². The van der Waals surface area contributed by atoms with Gasteiger partial charge in [-0.05, 0) is 51.5 Å². The van der Waals surface area contributed by atoms with Gasteiger partial charge in [-0.3, -0.25) is 14.3 Å². The standard InChI is InChI=1S/C25H24ClFN5O3/c1-15-12-29-19(18-7-8-28-24(30-18)25(3,4)34)11-20(15)32-16(2)10-21(22(26)23(32)33)35-14-31-9-5-6-17(27)13-31/h5-13,34H,14H2,1-4H3/q+1. The molecule has 0 atom stereocenters. The second kappa shape index (κ2) is 9.52. The normalized spacial score (nSPS) is 11.5. The number of rotatable bonds is 6. The molecule has 0 amide bonds. The van der Waals surface area contributed by atoms with Crippen LogP contribution in [0.3, 0.4) is 0 Å². The van der Waals surface area contributed by atoms with Crippen molar-refractivity contribution < 1.29 is 18.8 Å². The number of halogens is 2. The number of pyridine rings is 3. The van der Waals surface area contributed by atoms with E-state index in [1.165, 1.54) is 21.4 Å². The van der Waals surface area contributed by atoms with Gasteiger partial charge < -0.3 is 9.84 Å². The first-order valence-electron chi connectivity index (χ1n) is 10.8. The number of aromatic nitrogens is 5. The van der Waals surface area contributed by atoms with Gasteiger partial charge in [0.15, 0.2) is 23.6 Å². The minimum absolute atomic E-state index is 0.0178. The Morgan fingerprint density at radius 1 is 1.20 bits per heavy atom. The predicted molar refractivity (Wildman–Crippen MR) is 128 cm³/mol. The van der Waals surface area contributed by atoms with Crippen molar-refractivity contribution >= 4 is 11.6 Å². The van der Waals surface area contributed by atoms with Crippen molar-refractivity contribution in [3.05, 3.63) is 93.4 Å². The SMILES string of the molecule is Cc1cnc(-c2ccnc(C(C)(C)O)n2)cc1-n1c(C)cc(OC[n+]2cccc(F)c2)c(Cl)c1=O. The van der Waals surface area contributed by atoms with Crippen LogP contribution in [0.1, 0.15) is 30.9 Å². The summed E-state index contributed by atoms with van der Waals surface area (Å²) in [6.07, 6.45) is 6.11. The summed E-state index contributed by atoms with van der Waals surface area (Å²) in [7, 11) is 0. The van der Waals surface area contributed by atoms with Crippen molar-refractivity contribution in [1.29, 1.82) is 0 Å². The van der Waals surface area contributed by atoms with E-state index in [-0.39, 0.29) is 23.3 Å². The van der Waals surface area contributed by atoms with Gasteiger partial charge in [0, 0.05) is 30.2 Å². The minimum Gasteiger partial charge on any atom is -0.434 e. The molecule has 0 spiro atoms. The molecule has 0 saturated carbocycles. The average Bonchev–Trinajstić information content (AvgIpc) is 2.81. The first kappa shape index (κ1) is 24.4. The molecule has 0 radical (unpaired) electrons. The summed E-state index contributed by atoms with van der Waals surface area (Å²) in [6, 6.07) is 7.95. The van der Waals surface area contributed by atoms with Crippen LogP contribution in [0.25, 0.3) is 17.1 Å². The lowest BCUT2D eigenvalue weighted by Crippen LogP contribution is -2.36. The summed E-state index contributed by atoms with van der Waals surface area (Å²) in [5, 5.41) is 10.2. The van der Waals surface area contributed by atoms with E-state index in [0.717, 1.165) is 5.56 Å². The van der Waals surface area contributed by atoms with Crippen LogP contribution < -0.4 is 14.9 Å². The molecule has 0 aliphatic rings. The highest BCUT2D eigenvalue weighted by atomic mass is 35.5. The van der Waals surface area contributed by atoms with Crippen molar-refractivity contribution in [2.45, 2.75) is 40.0 Å². The molecule has 8 nitrogen and oxygen atoms in total. The molecule has 4 rings (SSSR count). The summed E-state index contributed by atoms with van der Waals surface area (Å²) in [6.45, 7) is 6.77. The smallest absolute Gasteiger partial charge is 0.292 e. The van der Waals surface area contributed by atoms with Gasteiger partial charge in [-0.2, -0.15) is 4.57 Å². The quantitative estimate of drug-likeness (QED) is 0.409. The summed E-state index contributed by atoms with van der Waals surface area (Å²) < 4.78 is 22.1. The van der Waals surface area contributed by atoms with Crippen LogP contribution in [0.5, 0.6) is 5.75 Å². The number of aryl methyl sites for hydroxylation is 2. The number of hydrogen-bond acceptors (Lipinski definition) is 6. The topological polar surface area (TPSA) is 94.0 Å². The summed E-state index contributed by atoms with van der Waals surface area (Å²) in [5.41, 5.74) is 1.23. The Labute approximate surface area is 206 Å². The van der Waals surface area contributed by atoms with Gasteiger partial charge in [0.25, 0.3) is 12.3 Å². The Bertz CT molecular complexity index is 1470. The molecular formula is C25H24ClFN5O3+. The van der Waals surface area contributed by atoms with E-state index in [2.05, 4.69) is 15.0 Å². The van der Waals surface area contributed by atoms with Crippen LogP contribution in [-0.4, -0.2) is 24.6 Å². The number of hydrogen-bond donors (Lipinski definition) is 1. The van der Waals surface area contributed by atoms with E-state index < -0.39 is 17.0 Å². The van der Waals surface area contributed by atoms with E-state index in [1.807, 2.05) is 6.92 Å². The second-order valence-corrected chi connectivity index (χ2v) is 8.97. The zero-order valence-electron chi connectivity index (χ0n) is 19.7. The molecule has 4 heterocycles. The van der Waals surface area contributed by atoms with E-state index in [4.69, 9.17) is 16.3 Å². The molecule has 0 aliphatic heterocycles. The fourth-order valence-electron chi connectivity index (χ4n) is 3.49. The lowest BCUT2D eigenvalue weighted by atomic mass is 10.1. The lowest BCUT2D eigenvalue weighted by Gasteiger charge is -2.17. The van der Waals surface area contributed by atoms with Crippen molar-refractivity contribution in [1.82, 2.24) is 19.5 Å². The number of nitrogens with zero attached hydrogens (tertiary/aromatic N) is 5. The number of aliphatic hydroxyl groups is 1. The van der Waals surface area contributed by atoms with Crippen molar-refractivity contribution in [3.63, 3.8) is 0 Å². The van der Waals surface area contributed by atoms with E-state index in [0.29, 0.717) is 22.8 Å². The van der Waals surface area contributed by atoms with Gasteiger partial charge in [0.2, 0.25) is 6.20 Å². The van der Waals surface area contributed by atoms with Gasteiger partial charge in [0.05, 0.1) is 17.1 Å². The van der Waals surface area contributed by atoms with E-state index in [1.54, 1.807) is 63.6 Å². The molecule has 4 aromatic rings. The van der Waals surface area contributed by atoms with Crippen LogP contribution in [0.2, 0.25) is 5.02 Å². The molecule has 0 saturated heterocycles. The van der Waals surface area contributed by atoms with E-state index >= 15 is 0 Å². The largest absolute Gasteiger partial charge is 0.434 e. The highest BCUT2D eigenvalue weighted by Gasteiger charge is 2.21. The Hall–Kier alpha value is -3.69. The summed E-state index contributed by atoms with van der Waals surface area (Å²) >= 11 is 6.39. The Kier molecular flexibility index (Phi) is 6.64. The Morgan fingerprint density at radius 3 is 2.69 bits per heavy atom. The predicted octanol–water partition coefficient (Wildman–Crippen LogP) is 3.65. The Morgan fingerprint density at radius 2 is 1.97 bits per heavy atom. The van der Waals surface area contributed by atoms with Crippen LogP contribution in [0.15, 0.2) is 59.9 Å². The molecular weight excluding hydrogens is 473 g/mol. The third kappa shape index (κ3) is 5.21. The zero-order valence-corrected chi connectivity index (χ0v) is 20.4. The second-order valence-electron chi connectivity index (χ2n) is 8.59. The monoisotopic (exact) mass is 496 g/mol. The average molecular weight is 497 g/mol. The van der Waals surface area contributed by atoms with Gasteiger partial charge >= 0.3 is 0 Å². The molecule has 180 valence electrons. The highest BCUT2D eigenvalue weighted by molar-refractivity contribution is 6.31. The van der Waals surface area contributed by atoms with Gasteiger partial charge in [-0.15, -0.1) is 0 Å². The van der Waals surface area contributed by atoms with Gasteiger partial charge in [-0.25, -0.2) is 14.4 Å². The molecule has 0 aromatic carbocycles. The molecule has 35 heavy (non-hydrogen) atoms. The maximum Gasteiger partial charge on any atom is 0.292 e. The van der Waals surface area contributed by atoms with Crippen LogP contribution in [0, 0.1) is 19.7 Å². The molecule has 0 bridgehead atoms. The van der Waals surface area contributed by atoms with Crippen LogP contribution in [-0.2, 0) is 12.3 Å². The molecule has 0 fully saturated rings. The molecule has 4 aromatic heterocycles. The molecule has 10 heteroatoms. The first-order valence-corrected chi connectivity index (χ1v) is 11.2. The first-order chi connectivity index (χ1) is 16.5. The third-order valence-corrected chi connectivity index (χ3v) is 5.62. The maximum absolute atomic E-state index is 13.4. The summed E-state index contributed by atoms with van der Waals surface area (Å²) in [4.78, 5) is 26.3. The Balaban J connectivity index is 1.72. The van der Waals surface area contributed by atoms with Crippen molar-refractivity contribution in [2.24, 2.45) is 0 Å². The molecule has 0 aliphatic carbocycles. The van der Waals surface area contributed by atoms with Gasteiger partial charge in [0.1, 0.15) is 10.6 Å². The zero-order chi connectivity index (χ0) is 25.3. The summed E-state index contributed by atoms with van der Waals surface area (Å²) in [5.74, 6) is 0.0452. The highest BCUT2D eigenvalue weighted by Crippen LogP contribution is 2.27. The maximum atomic E-state index is 13.4. The lowest BCUT2D eigenvalue weighted by molar-refractivity contribution is -0.725. The molecule has 0 unspecified atom stereocenters. The third-order valence-electron chi connectivity index (χ3n) is 5.27. The number of ether oxygens (including phenoxy) is 1. The fraction of sp³-hybridized carbons (Fsp3) is 0.240. The minimum atomic E-state index is -1.22. The van der Waals surface area contributed by atoms with E-state index in [9.17, 15) is 14.3 Å².